The van der Waals surface area contributed by atoms with E-state index in [1.165, 1.54) is 6.26 Å². The molecule has 0 aliphatic carbocycles. The van der Waals surface area contributed by atoms with E-state index in [9.17, 15) is 13.2 Å². The molecule has 1 heterocycles. The Morgan fingerprint density at radius 1 is 1.44 bits per heavy atom. The van der Waals surface area contributed by atoms with Gasteiger partial charge in [0.25, 0.3) is 0 Å². The van der Waals surface area contributed by atoms with E-state index < -0.39 is 9.84 Å². The predicted octanol–water partition coefficient (Wildman–Crippen LogP) is -0.0225. The Labute approximate surface area is 97.1 Å². The zero-order valence-corrected chi connectivity index (χ0v) is 10.9. The van der Waals surface area contributed by atoms with E-state index in [-0.39, 0.29) is 23.9 Å². The summed E-state index contributed by atoms with van der Waals surface area (Å²) in [6, 6.07) is -0.150. The highest BCUT2D eigenvalue weighted by Gasteiger charge is 2.34. The lowest BCUT2D eigenvalue weighted by atomic mass is 10.3. The molecular formula is C10H20N2O3S. The van der Waals surface area contributed by atoms with Crippen molar-refractivity contribution in [3.05, 3.63) is 0 Å². The first-order chi connectivity index (χ1) is 7.35. The van der Waals surface area contributed by atoms with Gasteiger partial charge in [-0.25, -0.2) is 8.42 Å². The van der Waals surface area contributed by atoms with Gasteiger partial charge in [-0.2, -0.15) is 0 Å². The molecule has 1 N–H and O–H groups in total. The van der Waals surface area contributed by atoms with Crippen molar-refractivity contribution in [2.24, 2.45) is 0 Å². The van der Waals surface area contributed by atoms with E-state index in [2.05, 4.69) is 5.32 Å². The molecule has 1 rings (SSSR count). The topological polar surface area (TPSA) is 66.5 Å². The molecule has 1 saturated heterocycles. The van der Waals surface area contributed by atoms with Gasteiger partial charge in [-0.3, -0.25) is 10.1 Å². The fraction of sp³-hybridized carbons (Fsp3) is 0.900. The number of carbonyl (C=O) groups excluding carboxylic acids is 1. The number of sulfone groups is 1. The zero-order valence-electron chi connectivity index (χ0n) is 10.1. The fourth-order valence-electron chi connectivity index (χ4n) is 1.95. The SMILES string of the molecule is CCC1NC(C)C(=O)N1CCCS(C)(=O)=O. The van der Waals surface area contributed by atoms with Gasteiger partial charge in [0.2, 0.25) is 5.91 Å². The molecule has 16 heavy (non-hydrogen) atoms. The van der Waals surface area contributed by atoms with Gasteiger partial charge in [0.15, 0.2) is 0 Å². The molecule has 0 radical (unpaired) electrons. The van der Waals surface area contributed by atoms with Crippen LogP contribution in [0.1, 0.15) is 26.7 Å². The highest BCUT2D eigenvalue weighted by molar-refractivity contribution is 7.90. The summed E-state index contributed by atoms with van der Waals surface area (Å²) in [5, 5.41) is 3.18. The van der Waals surface area contributed by atoms with Gasteiger partial charge >= 0.3 is 0 Å². The molecule has 6 heteroatoms. The average Bonchev–Trinajstić information content (AvgIpc) is 2.43. The van der Waals surface area contributed by atoms with Crippen molar-refractivity contribution in [2.75, 3.05) is 18.6 Å². The van der Waals surface area contributed by atoms with E-state index >= 15 is 0 Å². The Balaban J connectivity index is 2.49. The van der Waals surface area contributed by atoms with Crippen LogP contribution in [0.4, 0.5) is 0 Å². The van der Waals surface area contributed by atoms with E-state index in [0.717, 1.165) is 6.42 Å². The van der Waals surface area contributed by atoms with Crippen molar-refractivity contribution in [3.63, 3.8) is 0 Å². The summed E-state index contributed by atoms with van der Waals surface area (Å²) in [6.07, 6.45) is 2.63. The molecule has 0 aromatic carbocycles. The van der Waals surface area contributed by atoms with Crippen LogP contribution in [-0.2, 0) is 14.6 Å². The molecule has 1 aliphatic rings. The van der Waals surface area contributed by atoms with Crippen LogP contribution in [0.2, 0.25) is 0 Å². The Morgan fingerprint density at radius 3 is 2.56 bits per heavy atom. The molecular weight excluding hydrogens is 228 g/mol. The Morgan fingerprint density at radius 2 is 2.06 bits per heavy atom. The first-order valence-corrected chi connectivity index (χ1v) is 7.65. The van der Waals surface area contributed by atoms with Gasteiger partial charge in [0.05, 0.1) is 18.0 Å². The molecule has 1 fully saturated rings. The summed E-state index contributed by atoms with van der Waals surface area (Å²) >= 11 is 0. The minimum atomic E-state index is -2.93. The van der Waals surface area contributed by atoms with Crippen LogP contribution >= 0.6 is 0 Å². The summed E-state index contributed by atoms with van der Waals surface area (Å²) in [5.74, 6) is 0.210. The zero-order chi connectivity index (χ0) is 12.3. The lowest BCUT2D eigenvalue weighted by molar-refractivity contribution is -0.129. The smallest absolute Gasteiger partial charge is 0.240 e. The van der Waals surface area contributed by atoms with Crippen molar-refractivity contribution in [3.8, 4) is 0 Å². The van der Waals surface area contributed by atoms with E-state index in [1.54, 1.807) is 4.90 Å². The van der Waals surface area contributed by atoms with Crippen molar-refractivity contribution < 1.29 is 13.2 Å². The van der Waals surface area contributed by atoms with Crippen LogP contribution in [0.3, 0.4) is 0 Å². The van der Waals surface area contributed by atoms with Gasteiger partial charge in [-0.15, -0.1) is 0 Å². The van der Waals surface area contributed by atoms with Gasteiger partial charge in [0.1, 0.15) is 9.84 Å². The summed E-state index contributed by atoms with van der Waals surface area (Å²) in [4.78, 5) is 13.5. The molecule has 0 bridgehead atoms. The number of nitrogens with one attached hydrogen (secondary N) is 1. The lowest BCUT2D eigenvalue weighted by Gasteiger charge is -2.22. The van der Waals surface area contributed by atoms with Crippen LogP contribution in [0.25, 0.3) is 0 Å². The molecule has 0 spiro atoms. The van der Waals surface area contributed by atoms with Gasteiger partial charge in [0, 0.05) is 12.8 Å². The largest absolute Gasteiger partial charge is 0.326 e. The second-order valence-electron chi connectivity index (χ2n) is 4.33. The molecule has 1 amide bonds. The molecule has 0 saturated carbocycles. The van der Waals surface area contributed by atoms with Crippen LogP contribution in [0, 0.1) is 0 Å². The molecule has 2 unspecified atom stereocenters. The second kappa shape index (κ2) is 5.14. The third-order valence-corrected chi connectivity index (χ3v) is 3.80. The van der Waals surface area contributed by atoms with Crippen LogP contribution in [-0.4, -0.2) is 50.0 Å². The maximum atomic E-state index is 11.7. The standard InChI is InChI=1S/C10H20N2O3S/c1-4-9-11-8(2)10(13)12(9)6-5-7-16(3,14)15/h8-9,11H,4-7H2,1-3H3. The van der Waals surface area contributed by atoms with Gasteiger partial charge < -0.3 is 4.90 Å². The first kappa shape index (κ1) is 13.4. The molecule has 5 nitrogen and oxygen atoms in total. The fourth-order valence-corrected chi connectivity index (χ4v) is 2.61. The Bertz CT molecular complexity index is 353. The molecule has 0 aromatic heterocycles. The lowest BCUT2D eigenvalue weighted by Crippen LogP contribution is -2.37. The van der Waals surface area contributed by atoms with E-state index in [1.807, 2.05) is 13.8 Å². The predicted molar refractivity (Wildman–Crippen MR) is 62.7 cm³/mol. The van der Waals surface area contributed by atoms with Crippen molar-refractivity contribution in [1.29, 1.82) is 0 Å². The Hall–Kier alpha value is -0.620. The Kier molecular flexibility index (Phi) is 4.32. The molecule has 0 aromatic rings. The number of hydrogen-bond donors (Lipinski definition) is 1. The maximum absolute atomic E-state index is 11.7. The summed E-state index contributed by atoms with van der Waals surface area (Å²) < 4.78 is 22.0. The number of carbonyl (C=O) groups is 1. The average molecular weight is 248 g/mol. The quantitative estimate of drug-likeness (QED) is 0.742. The monoisotopic (exact) mass is 248 g/mol. The van der Waals surface area contributed by atoms with Crippen molar-refractivity contribution in [2.45, 2.75) is 38.9 Å². The van der Waals surface area contributed by atoms with Crippen molar-refractivity contribution in [1.82, 2.24) is 10.2 Å². The second-order valence-corrected chi connectivity index (χ2v) is 6.59. The normalized spacial score (nSPS) is 26.4. The van der Waals surface area contributed by atoms with Crippen LogP contribution < -0.4 is 5.32 Å². The third kappa shape index (κ3) is 3.45. The summed E-state index contributed by atoms with van der Waals surface area (Å²) in [7, 11) is -2.93. The number of nitrogens with zero attached hydrogens (tertiary/aromatic N) is 1. The van der Waals surface area contributed by atoms with Crippen molar-refractivity contribution >= 4 is 15.7 Å². The van der Waals surface area contributed by atoms with Crippen LogP contribution in [0.5, 0.6) is 0 Å². The van der Waals surface area contributed by atoms with E-state index in [0.29, 0.717) is 13.0 Å². The number of rotatable bonds is 5. The highest BCUT2D eigenvalue weighted by atomic mass is 32.2. The number of hydrogen-bond acceptors (Lipinski definition) is 4. The highest BCUT2D eigenvalue weighted by Crippen LogP contribution is 2.13. The van der Waals surface area contributed by atoms with Gasteiger partial charge in [-0.05, 0) is 19.8 Å². The maximum Gasteiger partial charge on any atom is 0.240 e. The number of amides is 1. The third-order valence-electron chi connectivity index (χ3n) is 2.77. The van der Waals surface area contributed by atoms with E-state index in [4.69, 9.17) is 0 Å². The van der Waals surface area contributed by atoms with Gasteiger partial charge in [-0.1, -0.05) is 6.92 Å². The minimum absolute atomic E-state index is 0.0575. The summed E-state index contributed by atoms with van der Waals surface area (Å²) in [5.41, 5.74) is 0. The van der Waals surface area contributed by atoms with Crippen LogP contribution in [0.15, 0.2) is 0 Å². The summed E-state index contributed by atoms with van der Waals surface area (Å²) in [6.45, 7) is 4.36. The molecule has 94 valence electrons. The first-order valence-electron chi connectivity index (χ1n) is 5.59. The molecule has 1 aliphatic heterocycles. The minimum Gasteiger partial charge on any atom is -0.326 e. The molecule has 2 atom stereocenters.